The van der Waals surface area contributed by atoms with Gasteiger partial charge < -0.3 is 4.74 Å². The SMILES string of the molecule is CCOC(=O)N1[C@@H]2[C@@H]3C[C@@H]([C@@H]4[C@@H]5N=N[C@@H]([C@H]6CC=C[C@H]65)[C@H]34)[C@@H]21. The van der Waals surface area contributed by atoms with E-state index in [0.717, 1.165) is 0 Å². The third-order valence-electron chi connectivity index (χ3n) is 7.45. The largest absolute Gasteiger partial charge is 0.450 e. The fourth-order valence-electron chi connectivity index (χ4n) is 6.96. The van der Waals surface area contributed by atoms with Crippen LogP contribution in [-0.4, -0.2) is 41.8 Å². The van der Waals surface area contributed by atoms with Gasteiger partial charge >= 0.3 is 6.09 Å². The number of hydrogen-bond donors (Lipinski definition) is 0. The van der Waals surface area contributed by atoms with E-state index >= 15 is 0 Å². The van der Waals surface area contributed by atoms with E-state index in [0.29, 0.717) is 66.3 Å². The normalized spacial score (nSPS) is 57.8. The first-order valence-corrected chi connectivity index (χ1v) is 8.83. The summed E-state index contributed by atoms with van der Waals surface area (Å²) >= 11 is 0. The van der Waals surface area contributed by atoms with Gasteiger partial charge in [0.25, 0.3) is 0 Å². The van der Waals surface area contributed by atoms with Gasteiger partial charge in [-0.15, -0.1) is 0 Å². The first-order chi connectivity index (χ1) is 10.8. The Morgan fingerprint density at radius 3 is 2.68 bits per heavy atom. The summed E-state index contributed by atoms with van der Waals surface area (Å²) in [5, 5.41) is 9.41. The van der Waals surface area contributed by atoms with Crippen LogP contribution in [0.5, 0.6) is 0 Å². The molecule has 4 bridgehead atoms. The fraction of sp³-hybridized carbons (Fsp3) is 0.824. The summed E-state index contributed by atoms with van der Waals surface area (Å²) in [7, 11) is 0. The average Bonchev–Trinajstić information content (AvgIpc) is 2.92. The Balaban J connectivity index is 1.35. The quantitative estimate of drug-likeness (QED) is 0.552. The van der Waals surface area contributed by atoms with E-state index in [1.54, 1.807) is 0 Å². The Morgan fingerprint density at radius 1 is 1.18 bits per heavy atom. The highest BCUT2D eigenvalue weighted by Gasteiger charge is 2.76. The summed E-state index contributed by atoms with van der Waals surface area (Å²) < 4.78 is 5.25. The van der Waals surface area contributed by atoms with Crippen LogP contribution in [0.3, 0.4) is 0 Å². The molecule has 7 rings (SSSR count). The number of rotatable bonds is 1. The third kappa shape index (κ3) is 1.16. The molecule has 0 unspecified atom stereocenters. The molecule has 0 radical (unpaired) electrons. The molecule has 0 aromatic rings. The van der Waals surface area contributed by atoms with E-state index in [1.807, 2.05) is 11.8 Å². The highest BCUT2D eigenvalue weighted by atomic mass is 16.6. The van der Waals surface area contributed by atoms with Crippen LogP contribution in [0.15, 0.2) is 22.4 Å². The van der Waals surface area contributed by atoms with Crippen molar-refractivity contribution in [1.82, 2.24) is 4.90 Å². The van der Waals surface area contributed by atoms with Crippen LogP contribution in [-0.2, 0) is 4.74 Å². The number of carbonyl (C=O) groups is 1. The standard InChI is InChI=1S/C17H21N3O2/c1-2-22-17(21)20-15-9-6-10(16(15)20)12-11(9)13-7-4-3-5-8(7)14(12)19-18-13/h3-4,7-16H,2,5-6H2,1H3/t7-,8+,9+,10-,11+,12-,13-,14+,15+,16-,20?/m1/s1. The lowest BCUT2D eigenvalue weighted by molar-refractivity contribution is 0.0273. The van der Waals surface area contributed by atoms with Gasteiger partial charge in [0.15, 0.2) is 0 Å². The lowest BCUT2D eigenvalue weighted by atomic mass is 9.58. The van der Waals surface area contributed by atoms with Crippen molar-refractivity contribution in [2.45, 2.75) is 43.9 Å². The minimum Gasteiger partial charge on any atom is -0.450 e. The van der Waals surface area contributed by atoms with Crippen LogP contribution in [0, 0.1) is 35.5 Å². The molecule has 0 N–H and O–H groups in total. The molecule has 1 amide bonds. The maximum atomic E-state index is 12.2. The van der Waals surface area contributed by atoms with Crippen molar-refractivity contribution in [3.8, 4) is 0 Å². The van der Waals surface area contributed by atoms with Crippen LogP contribution in [0.4, 0.5) is 4.79 Å². The van der Waals surface area contributed by atoms with E-state index in [4.69, 9.17) is 15.0 Å². The number of ether oxygens (including phenoxy) is 1. The predicted molar refractivity (Wildman–Crippen MR) is 78.2 cm³/mol. The topological polar surface area (TPSA) is 54.0 Å². The number of nitrogens with zero attached hydrogens (tertiary/aromatic N) is 3. The number of piperidine rings is 1. The Hall–Kier alpha value is -1.39. The monoisotopic (exact) mass is 299 g/mol. The first kappa shape index (κ1) is 12.1. The molecule has 116 valence electrons. The molecule has 5 heteroatoms. The second kappa shape index (κ2) is 3.74. The van der Waals surface area contributed by atoms with Crippen LogP contribution < -0.4 is 0 Å². The number of amides is 1. The molecule has 0 aromatic heterocycles. The van der Waals surface area contributed by atoms with Gasteiger partial charge in [0.1, 0.15) is 0 Å². The number of carbonyl (C=O) groups excluding carboxylic acids is 1. The van der Waals surface area contributed by atoms with Crippen molar-refractivity contribution in [3.05, 3.63) is 12.2 Å². The molecule has 3 heterocycles. The number of azo groups is 1. The first-order valence-electron chi connectivity index (χ1n) is 8.83. The third-order valence-corrected chi connectivity index (χ3v) is 7.45. The van der Waals surface area contributed by atoms with Gasteiger partial charge in [0.05, 0.1) is 30.8 Å². The molecule has 3 saturated carbocycles. The molecule has 22 heavy (non-hydrogen) atoms. The Kier molecular flexibility index (Phi) is 2.05. The molecule has 0 spiro atoms. The molecule has 0 aromatic carbocycles. The number of hydrogen-bond acceptors (Lipinski definition) is 4. The Morgan fingerprint density at radius 2 is 1.91 bits per heavy atom. The molecule has 1 saturated heterocycles. The van der Waals surface area contributed by atoms with Gasteiger partial charge in [0.2, 0.25) is 0 Å². The highest BCUT2D eigenvalue weighted by molar-refractivity contribution is 5.73. The van der Waals surface area contributed by atoms with Gasteiger partial charge in [-0.1, -0.05) is 12.2 Å². The van der Waals surface area contributed by atoms with Crippen LogP contribution in [0.25, 0.3) is 0 Å². The zero-order valence-corrected chi connectivity index (χ0v) is 12.7. The van der Waals surface area contributed by atoms with Crippen molar-refractivity contribution in [1.29, 1.82) is 0 Å². The van der Waals surface area contributed by atoms with Crippen molar-refractivity contribution in [3.63, 3.8) is 0 Å². The van der Waals surface area contributed by atoms with E-state index in [2.05, 4.69) is 12.2 Å². The number of likely N-dealkylation sites (tertiary alicyclic amines) is 1. The summed E-state index contributed by atoms with van der Waals surface area (Å²) in [6.45, 7) is 2.36. The minimum atomic E-state index is -0.0906. The van der Waals surface area contributed by atoms with E-state index in [-0.39, 0.29) is 6.09 Å². The van der Waals surface area contributed by atoms with Gasteiger partial charge in [-0.2, -0.15) is 10.2 Å². The minimum absolute atomic E-state index is 0.0906. The molecule has 3 aliphatic heterocycles. The molecule has 7 aliphatic rings. The van der Waals surface area contributed by atoms with Crippen LogP contribution >= 0.6 is 0 Å². The second-order valence-electron chi connectivity index (χ2n) is 7.92. The highest BCUT2D eigenvalue weighted by Crippen LogP contribution is 2.70. The van der Waals surface area contributed by atoms with Gasteiger partial charge in [-0.25, -0.2) is 4.79 Å². The van der Waals surface area contributed by atoms with E-state index in [9.17, 15) is 4.79 Å². The molecule has 5 nitrogen and oxygen atoms in total. The van der Waals surface area contributed by atoms with Gasteiger partial charge in [-0.3, -0.25) is 4.90 Å². The van der Waals surface area contributed by atoms with E-state index in [1.165, 1.54) is 12.8 Å². The van der Waals surface area contributed by atoms with E-state index < -0.39 is 0 Å². The predicted octanol–water partition coefficient (Wildman–Crippen LogP) is 2.49. The second-order valence-corrected chi connectivity index (χ2v) is 7.92. The molecular weight excluding hydrogens is 278 g/mol. The smallest absolute Gasteiger partial charge is 0.410 e. The zero-order chi connectivity index (χ0) is 14.6. The van der Waals surface area contributed by atoms with Crippen LogP contribution in [0.2, 0.25) is 0 Å². The summed E-state index contributed by atoms with van der Waals surface area (Å²) in [6.07, 6.45) is 7.13. The van der Waals surface area contributed by atoms with Crippen molar-refractivity contribution < 1.29 is 9.53 Å². The summed E-state index contributed by atoms with van der Waals surface area (Å²) in [6, 6.07) is 1.70. The van der Waals surface area contributed by atoms with Gasteiger partial charge in [-0.05, 0) is 49.4 Å². The molecule has 4 aliphatic carbocycles. The summed E-state index contributed by atoms with van der Waals surface area (Å²) in [4.78, 5) is 14.2. The van der Waals surface area contributed by atoms with Gasteiger partial charge in [0, 0.05) is 5.92 Å². The van der Waals surface area contributed by atoms with Crippen molar-refractivity contribution >= 4 is 6.09 Å². The fourth-order valence-corrected chi connectivity index (χ4v) is 6.96. The maximum Gasteiger partial charge on any atom is 0.410 e. The van der Waals surface area contributed by atoms with Crippen LogP contribution in [0.1, 0.15) is 19.8 Å². The number of fused-ring (bicyclic) bond motifs is 5. The summed E-state index contributed by atoms with van der Waals surface area (Å²) in [5.74, 6) is 3.95. The molecule has 10 atom stereocenters. The Labute approximate surface area is 129 Å². The lowest BCUT2D eigenvalue weighted by Crippen LogP contribution is -2.55. The lowest BCUT2D eigenvalue weighted by Gasteiger charge is -2.50. The van der Waals surface area contributed by atoms with Crippen molar-refractivity contribution in [2.75, 3.05) is 6.61 Å². The zero-order valence-electron chi connectivity index (χ0n) is 12.7. The molecule has 4 fully saturated rings. The van der Waals surface area contributed by atoms with Crippen molar-refractivity contribution in [2.24, 2.45) is 45.7 Å². The molecular formula is C17H21N3O2. The maximum absolute atomic E-state index is 12.2. The Bertz CT molecular complexity index is 617. The number of allylic oxidation sites excluding steroid dienone is 1. The average molecular weight is 299 g/mol. The summed E-state index contributed by atoms with van der Waals surface area (Å²) in [5.41, 5.74) is 0.